The molecule has 94 valence electrons. The van der Waals surface area contributed by atoms with E-state index in [2.05, 4.69) is 54.1 Å². The van der Waals surface area contributed by atoms with Gasteiger partial charge in [0.05, 0.1) is 11.4 Å². The van der Waals surface area contributed by atoms with Crippen LogP contribution in [0.3, 0.4) is 0 Å². The second-order valence-electron chi connectivity index (χ2n) is 4.63. The van der Waals surface area contributed by atoms with E-state index in [4.69, 9.17) is 0 Å². The van der Waals surface area contributed by atoms with Gasteiger partial charge in [-0.05, 0) is 30.4 Å². The zero-order valence-corrected chi connectivity index (χ0v) is 11.0. The summed E-state index contributed by atoms with van der Waals surface area (Å²) in [4.78, 5) is 0. The largest absolute Gasteiger partial charge is 0.154 e. The van der Waals surface area contributed by atoms with E-state index in [0.717, 1.165) is 49.1 Å². The molecule has 0 saturated heterocycles. The van der Waals surface area contributed by atoms with E-state index < -0.39 is 0 Å². The molecule has 0 aromatic heterocycles. The number of rotatable bonds is 5. The Morgan fingerprint density at radius 1 is 1.39 bits per heavy atom. The minimum absolute atomic E-state index is 0.811. The SMILES string of the molecule is C=C(/C=C\CCC)C1=NN=C(C2=CCCC=C2)C1. The summed E-state index contributed by atoms with van der Waals surface area (Å²) in [6.45, 7) is 6.23. The van der Waals surface area contributed by atoms with Gasteiger partial charge in [0.1, 0.15) is 0 Å². The molecule has 0 saturated carbocycles. The van der Waals surface area contributed by atoms with Gasteiger partial charge >= 0.3 is 0 Å². The van der Waals surface area contributed by atoms with E-state index in [0.29, 0.717) is 0 Å². The first kappa shape index (κ1) is 12.7. The van der Waals surface area contributed by atoms with E-state index in [9.17, 15) is 0 Å². The lowest BCUT2D eigenvalue weighted by molar-refractivity contribution is 0.958. The van der Waals surface area contributed by atoms with Crippen LogP contribution in [0.4, 0.5) is 0 Å². The minimum Gasteiger partial charge on any atom is -0.154 e. The van der Waals surface area contributed by atoms with Crippen molar-refractivity contribution in [2.75, 3.05) is 0 Å². The Balaban J connectivity index is 1.92. The van der Waals surface area contributed by atoms with Crippen LogP contribution in [0.5, 0.6) is 0 Å². The van der Waals surface area contributed by atoms with E-state index >= 15 is 0 Å². The fourth-order valence-electron chi connectivity index (χ4n) is 2.00. The number of allylic oxidation sites excluding steroid dienone is 7. The number of nitrogens with zero attached hydrogens (tertiary/aromatic N) is 2. The van der Waals surface area contributed by atoms with Crippen molar-refractivity contribution in [2.45, 2.75) is 39.0 Å². The average molecular weight is 240 g/mol. The molecule has 1 aliphatic heterocycles. The van der Waals surface area contributed by atoms with Crippen LogP contribution in [-0.4, -0.2) is 11.4 Å². The maximum absolute atomic E-state index is 4.28. The van der Waals surface area contributed by atoms with Crippen LogP contribution < -0.4 is 0 Å². The van der Waals surface area contributed by atoms with Crippen molar-refractivity contribution in [3.8, 4) is 0 Å². The second-order valence-corrected chi connectivity index (χ2v) is 4.63. The summed E-state index contributed by atoms with van der Waals surface area (Å²) < 4.78 is 0. The van der Waals surface area contributed by atoms with Crippen molar-refractivity contribution in [2.24, 2.45) is 10.2 Å². The topological polar surface area (TPSA) is 24.7 Å². The highest BCUT2D eigenvalue weighted by Crippen LogP contribution is 2.19. The van der Waals surface area contributed by atoms with Crippen molar-refractivity contribution in [1.82, 2.24) is 0 Å². The van der Waals surface area contributed by atoms with Gasteiger partial charge in [0.25, 0.3) is 0 Å². The van der Waals surface area contributed by atoms with Crippen LogP contribution in [0.2, 0.25) is 0 Å². The molecule has 0 fully saturated rings. The van der Waals surface area contributed by atoms with Gasteiger partial charge < -0.3 is 0 Å². The molecule has 18 heavy (non-hydrogen) atoms. The lowest BCUT2D eigenvalue weighted by Gasteiger charge is -2.06. The van der Waals surface area contributed by atoms with Crippen LogP contribution in [0.1, 0.15) is 39.0 Å². The van der Waals surface area contributed by atoms with Crippen LogP contribution in [-0.2, 0) is 0 Å². The quantitative estimate of drug-likeness (QED) is 0.637. The third-order valence-electron chi connectivity index (χ3n) is 3.10. The van der Waals surface area contributed by atoms with Crippen molar-refractivity contribution >= 4 is 11.4 Å². The van der Waals surface area contributed by atoms with Crippen LogP contribution in [0.15, 0.2) is 58.3 Å². The molecule has 0 amide bonds. The van der Waals surface area contributed by atoms with E-state index in [1.54, 1.807) is 0 Å². The van der Waals surface area contributed by atoms with Crippen molar-refractivity contribution in [1.29, 1.82) is 0 Å². The van der Waals surface area contributed by atoms with Gasteiger partial charge in [0.2, 0.25) is 0 Å². The molecule has 0 aromatic rings. The van der Waals surface area contributed by atoms with Gasteiger partial charge in [-0.1, -0.05) is 50.3 Å². The molecule has 2 nitrogen and oxygen atoms in total. The van der Waals surface area contributed by atoms with Gasteiger partial charge in [0.15, 0.2) is 0 Å². The number of hydrogen-bond donors (Lipinski definition) is 0. The van der Waals surface area contributed by atoms with Crippen LogP contribution in [0.25, 0.3) is 0 Å². The van der Waals surface area contributed by atoms with Crippen molar-refractivity contribution in [3.63, 3.8) is 0 Å². The summed E-state index contributed by atoms with van der Waals surface area (Å²) in [5, 5.41) is 8.53. The summed E-state index contributed by atoms with van der Waals surface area (Å²) in [6.07, 6.45) is 16.1. The highest BCUT2D eigenvalue weighted by molar-refractivity contribution is 6.21. The zero-order valence-electron chi connectivity index (χ0n) is 11.0. The zero-order chi connectivity index (χ0) is 12.8. The minimum atomic E-state index is 0.811. The Bertz CT molecular complexity index is 473. The molecule has 1 aliphatic carbocycles. The van der Waals surface area contributed by atoms with E-state index in [1.165, 1.54) is 5.57 Å². The molecule has 0 N–H and O–H groups in total. The Hall–Kier alpha value is -1.70. The molecule has 0 radical (unpaired) electrons. The first-order valence-corrected chi connectivity index (χ1v) is 6.67. The second kappa shape index (κ2) is 6.29. The fourth-order valence-corrected chi connectivity index (χ4v) is 2.00. The molecular weight excluding hydrogens is 220 g/mol. The summed E-state index contributed by atoms with van der Waals surface area (Å²) in [6, 6.07) is 0. The molecule has 0 atom stereocenters. The lowest BCUT2D eigenvalue weighted by Crippen LogP contribution is -2.06. The summed E-state index contributed by atoms with van der Waals surface area (Å²) >= 11 is 0. The first-order chi connectivity index (χ1) is 8.81. The molecule has 0 bridgehead atoms. The van der Waals surface area contributed by atoms with Gasteiger partial charge in [0, 0.05) is 6.42 Å². The average Bonchev–Trinajstić information content (AvgIpc) is 2.89. The molecule has 0 spiro atoms. The van der Waals surface area contributed by atoms with E-state index in [1.807, 2.05) is 0 Å². The monoisotopic (exact) mass is 240 g/mol. The smallest absolute Gasteiger partial charge is 0.0759 e. The Morgan fingerprint density at radius 2 is 2.28 bits per heavy atom. The molecule has 0 aromatic carbocycles. The summed E-state index contributed by atoms with van der Waals surface area (Å²) in [7, 11) is 0. The summed E-state index contributed by atoms with van der Waals surface area (Å²) in [5.41, 5.74) is 4.29. The standard InChI is InChI=1S/C16H20N2/c1-3-4-6-9-13(2)15-12-16(18-17-15)14-10-7-5-8-11-14/h6-7,9-11H,2-5,8,12H2,1H3/b9-6-. The predicted molar refractivity (Wildman–Crippen MR) is 79.1 cm³/mol. The maximum atomic E-state index is 4.28. The lowest BCUT2D eigenvalue weighted by atomic mass is 9.97. The Morgan fingerprint density at radius 3 is 3.00 bits per heavy atom. The molecule has 1 heterocycles. The predicted octanol–water partition coefficient (Wildman–Crippen LogP) is 4.38. The van der Waals surface area contributed by atoms with Crippen molar-refractivity contribution < 1.29 is 0 Å². The highest BCUT2D eigenvalue weighted by atomic mass is 15.2. The molecular formula is C16H20N2. The van der Waals surface area contributed by atoms with Gasteiger partial charge in [-0.15, -0.1) is 0 Å². The van der Waals surface area contributed by atoms with E-state index in [-0.39, 0.29) is 0 Å². The van der Waals surface area contributed by atoms with Gasteiger partial charge in [-0.25, -0.2) is 0 Å². The normalized spacial score (nSPS) is 18.8. The molecule has 2 heteroatoms. The summed E-state index contributed by atoms with van der Waals surface area (Å²) in [5.74, 6) is 0. The third kappa shape index (κ3) is 3.16. The number of unbranched alkanes of at least 4 members (excludes halogenated alkanes) is 1. The third-order valence-corrected chi connectivity index (χ3v) is 3.10. The molecule has 2 rings (SSSR count). The first-order valence-electron chi connectivity index (χ1n) is 6.67. The fraction of sp³-hybridized carbons (Fsp3) is 0.375. The Labute approximate surface area is 109 Å². The van der Waals surface area contributed by atoms with Crippen LogP contribution in [0, 0.1) is 0 Å². The maximum Gasteiger partial charge on any atom is 0.0759 e. The van der Waals surface area contributed by atoms with Crippen molar-refractivity contribution in [3.05, 3.63) is 48.1 Å². The number of hydrogen-bond acceptors (Lipinski definition) is 2. The molecule has 2 aliphatic rings. The Kier molecular flexibility index (Phi) is 4.46. The molecule has 0 unspecified atom stereocenters. The van der Waals surface area contributed by atoms with Crippen LogP contribution >= 0.6 is 0 Å². The van der Waals surface area contributed by atoms with Gasteiger partial charge in [-0.2, -0.15) is 10.2 Å². The highest BCUT2D eigenvalue weighted by Gasteiger charge is 2.16. The van der Waals surface area contributed by atoms with Gasteiger partial charge in [-0.3, -0.25) is 0 Å².